The minimum absolute atomic E-state index is 0.0353. The first-order chi connectivity index (χ1) is 6.34. The number of amides is 1. The van der Waals surface area contributed by atoms with Gasteiger partial charge >= 0.3 is 6.09 Å². The number of carbonyl (C=O) groups excluding carboxylic acids is 1. The van der Waals surface area contributed by atoms with E-state index in [9.17, 15) is 4.79 Å². The first kappa shape index (κ1) is 8.81. The van der Waals surface area contributed by atoms with Gasteiger partial charge in [-0.15, -0.1) is 0 Å². The Hall–Kier alpha value is -0.770. The number of carbonyl (C=O) groups is 1. The van der Waals surface area contributed by atoms with Crippen LogP contribution in [0.25, 0.3) is 0 Å². The summed E-state index contributed by atoms with van der Waals surface area (Å²) in [6.07, 6.45) is 4.97. The Morgan fingerprint density at radius 1 is 1.46 bits per heavy atom. The molecule has 2 N–H and O–H groups in total. The van der Waals surface area contributed by atoms with E-state index >= 15 is 0 Å². The van der Waals surface area contributed by atoms with Crippen LogP contribution in [0.4, 0.5) is 4.79 Å². The van der Waals surface area contributed by atoms with Gasteiger partial charge in [0.15, 0.2) is 0 Å². The monoisotopic (exact) mass is 184 g/mol. The van der Waals surface area contributed by atoms with Crippen molar-refractivity contribution in [3.8, 4) is 0 Å². The molecule has 0 aromatic carbocycles. The van der Waals surface area contributed by atoms with Crippen molar-refractivity contribution in [1.82, 2.24) is 10.6 Å². The molecule has 1 atom stereocenters. The summed E-state index contributed by atoms with van der Waals surface area (Å²) in [6, 6.07) is 0.652. The third-order valence-electron chi connectivity index (χ3n) is 2.74. The van der Waals surface area contributed by atoms with Gasteiger partial charge in [0, 0.05) is 12.6 Å². The lowest BCUT2D eigenvalue weighted by Gasteiger charge is -2.14. The van der Waals surface area contributed by atoms with Gasteiger partial charge in [0.1, 0.15) is 6.10 Å². The molecule has 2 rings (SSSR count). The molecule has 0 aromatic rings. The van der Waals surface area contributed by atoms with E-state index in [2.05, 4.69) is 10.6 Å². The summed E-state index contributed by atoms with van der Waals surface area (Å²) in [5.74, 6) is 0. The van der Waals surface area contributed by atoms with E-state index in [-0.39, 0.29) is 12.2 Å². The summed E-state index contributed by atoms with van der Waals surface area (Å²) in [5, 5.41) is 6.07. The number of nitrogens with one attached hydrogen (secondary N) is 2. The number of alkyl carbamates (subject to hydrolysis) is 1. The molecule has 13 heavy (non-hydrogen) atoms. The van der Waals surface area contributed by atoms with Crippen molar-refractivity contribution in [3.63, 3.8) is 0 Å². The van der Waals surface area contributed by atoms with Crippen molar-refractivity contribution in [1.29, 1.82) is 0 Å². The van der Waals surface area contributed by atoms with Crippen LogP contribution in [-0.2, 0) is 4.74 Å². The van der Waals surface area contributed by atoms with Crippen molar-refractivity contribution in [2.24, 2.45) is 0 Å². The second kappa shape index (κ2) is 3.96. The zero-order valence-electron chi connectivity index (χ0n) is 7.71. The highest BCUT2D eigenvalue weighted by Crippen LogP contribution is 2.17. The number of hydrogen-bond donors (Lipinski definition) is 2. The predicted octanol–water partition coefficient (Wildman–Crippen LogP) is 0.627. The summed E-state index contributed by atoms with van der Waals surface area (Å²) in [4.78, 5) is 10.7. The summed E-state index contributed by atoms with van der Waals surface area (Å²) < 4.78 is 5.01. The van der Waals surface area contributed by atoms with Gasteiger partial charge in [-0.2, -0.15) is 0 Å². The fourth-order valence-electron chi connectivity index (χ4n) is 1.97. The summed E-state index contributed by atoms with van der Waals surface area (Å²) in [5.41, 5.74) is 0. The molecule has 4 heteroatoms. The zero-order valence-corrected chi connectivity index (χ0v) is 7.71. The molecule has 2 aliphatic rings. The second-order valence-corrected chi connectivity index (χ2v) is 3.80. The SMILES string of the molecule is O=C1NCC(CNC2CCCC2)O1. The molecule has 1 aliphatic carbocycles. The third-order valence-corrected chi connectivity index (χ3v) is 2.74. The maximum atomic E-state index is 10.7. The molecule has 1 saturated heterocycles. The number of rotatable bonds is 3. The highest BCUT2D eigenvalue weighted by atomic mass is 16.6. The highest BCUT2D eigenvalue weighted by Gasteiger charge is 2.23. The van der Waals surface area contributed by atoms with Crippen molar-refractivity contribution in [2.45, 2.75) is 37.8 Å². The lowest BCUT2D eigenvalue weighted by molar-refractivity contribution is 0.137. The fourth-order valence-corrected chi connectivity index (χ4v) is 1.97. The predicted molar refractivity (Wildman–Crippen MR) is 48.5 cm³/mol. The van der Waals surface area contributed by atoms with Crippen LogP contribution in [0, 0.1) is 0 Å². The molecule has 1 amide bonds. The van der Waals surface area contributed by atoms with Crippen LogP contribution < -0.4 is 10.6 Å². The van der Waals surface area contributed by atoms with E-state index in [1.807, 2.05) is 0 Å². The van der Waals surface area contributed by atoms with Crippen LogP contribution in [0.2, 0.25) is 0 Å². The van der Waals surface area contributed by atoms with Crippen LogP contribution in [0.1, 0.15) is 25.7 Å². The molecule has 1 heterocycles. The number of cyclic esters (lactones) is 1. The van der Waals surface area contributed by atoms with Crippen LogP contribution in [-0.4, -0.2) is 31.3 Å². The van der Waals surface area contributed by atoms with Crippen molar-refractivity contribution in [3.05, 3.63) is 0 Å². The Balaban J connectivity index is 1.64. The average Bonchev–Trinajstić information content (AvgIpc) is 2.71. The van der Waals surface area contributed by atoms with E-state index < -0.39 is 0 Å². The molecule has 0 spiro atoms. The van der Waals surface area contributed by atoms with Crippen molar-refractivity contribution < 1.29 is 9.53 Å². The number of ether oxygens (including phenoxy) is 1. The van der Waals surface area contributed by atoms with Gasteiger partial charge in [-0.3, -0.25) is 0 Å². The van der Waals surface area contributed by atoms with E-state index in [1.54, 1.807) is 0 Å². The molecule has 2 fully saturated rings. The smallest absolute Gasteiger partial charge is 0.407 e. The van der Waals surface area contributed by atoms with Gasteiger partial charge in [0.25, 0.3) is 0 Å². The third kappa shape index (κ3) is 2.34. The molecule has 1 aliphatic heterocycles. The minimum atomic E-state index is -0.279. The van der Waals surface area contributed by atoms with Crippen LogP contribution in [0.15, 0.2) is 0 Å². The Kier molecular flexibility index (Phi) is 2.68. The molecule has 4 nitrogen and oxygen atoms in total. The van der Waals surface area contributed by atoms with Crippen LogP contribution >= 0.6 is 0 Å². The Bertz CT molecular complexity index is 190. The minimum Gasteiger partial charge on any atom is -0.443 e. The topological polar surface area (TPSA) is 50.4 Å². The normalized spacial score (nSPS) is 28.9. The van der Waals surface area contributed by atoms with E-state index in [0.29, 0.717) is 12.6 Å². The lowest BCUT2D eigenvalue weighted by atomic mass is 10.2. The summed E-state index contributed by atoms with van der Waals surface area (Å²) in [7, 11) is 0. The molecule has 0 radical (unpaired) electrons. The second-order valence-electron chi connectivity index (χ2n) is 3.80. The van der Waals surface area contributed by atoms with Gasteiger partial charge in [-0.05, 0) is 12.8 Å². The summed E-state index contributed by atoms with van der Waals surface area (Å²) in [6.45, 7) is 1.45. The van der Waals surface area contributed by atoms with E-state index in [0.717, 1.165) is 6.54 Å². The van der Waals surface area contributed by atoms with Gasteiger partial charge in [0.05, 0.1) is 6.54 Å². The first-order valence-corrected chi connectivity index (χ1v) is 5.02. The largest absolute Gasteiger partial charge is 0.443 e. The molecular weight excluding hydrogens is 168 g/mol. The maximum Gasteiger partial charge on any atom is 0.407 e. The molecule has 1 saturated carbocycles. The Labute approximate surface area is 78.0 Å². The van der Waals surface area contributed by atoms with E-state index in [4.69, 9.17) is 4.74 Å². The van der Waals surface area contributed by atoms with Gasteiger partial charge < -0.3 is 15.4 Å². The standard InChI is InChI=1S/C9H16N2O2/c12-9-11-6-8(13-9)5-10-7-3-1-2-4-7/h7-8,10H,1-6H2,(H,11,12). The molecular formula is C9H16N2O2. The van der Waals surface area contributed by atoms with E-state index in [1.165, 1.54) is 25.7 Å². The summed E-state index contributed by atoms with van der Waals surface area (Å²) >= 11 is 0. The van der Waals surface area contributed by atoms with Gasteiger partial charge in [0.2, 0.25) is 0 Å². The Morgan fingerprint density at radius 3 is 2.85 bits per heavy atom. The zero-order chi connectivity index (χ0) is 9.10. The highest BCUT2D eigenvalue weighted by molar-refractivity contribution is 5.69. The quantitative estimate of drug-likeness (QED) is 0.676. The molecule has 1 unspecified atom stereocenters. The van der Waals surface area contributed by atoms with Crippen LogP contribution in [0.3, 0.4) is 0 Å². The van der Waals surface area contributed by atoms with Gasteiger partial charge in [-0.25, -0.2) is 4.79 Å². The van der Waals surface area contributed by atoms with Crippen molar-refractivity contribution >= 4 is 6.09 Å². The average molecular weight is 184 g/mol. The molecule has 0 bridgehead atoms. The molecule has 0 aromatic heterocycles. The lowest BCUT2D eigenvalue weighted by Crippen LogP contribution is -2.35. The molecule has 74 valence electrons. The Morgan fingerprint density at radius 2 is 2.23 bits per heavy atom. The van der Waals surface area contributed by atoms with Gasteiger partial charge in [-0.1, -0.05) is 12.8 Å². The fraction of sp³-hybridized carbons (Fsp3) is 0.889. The number of hydrogen-bond acceptors (Lipinski definition) is 3. The van der Waals surface area contributed by atoms with Crippen LogP contribution in [0.5, 0.6) is 0 Å². The first-order valence-electron chi connectivity index (χ1n) is 5.02. The van der Waals surface area contributed by atoms with Crippen molar-refractivity contribution in [2.75, 3.05) is 13.1 Å². The maximum absolute atomic E-state index is 10.7.